The summed E-state index contributed by atoms with van der Waals surface area (Å²) in [7, 11) is 2.05. The van der Waals surface area contributed by atoms with E-state index in [1.54, 1.807) is 24.3 Å². The van der Waals surface area contributed by atoms with E-state index < -0.39 is 0 Å². The van der Waals surface area contributed by atoms with E-state index in [1.165, 1.54) is 5.56 Å². The lowest BCUT2D eigenvalue weighted by atomic mass is 10.1. The van der Waals surface area contributed by atoms with Gasteiger partial charge in [0.1, 0.15) is 0 Å². The van der Waals surface area contributed by atoms with Gasteiger partial charge < -0.3 is 16.0 Å². The first kappa shape index (κ1) is 19.0. The first-order valence-electron chi connectivity index (χ1n) is 7.43. The normalized spacial score (nSPS) is 11.6. The Morgan fingerprint density at radius 1 is 1.17 bits per heavy atom. The molecule has 0 saturated heterocycles. The molecular weight excluding hydrogens is 310 g/mol. The van der Waals surface area contributed by atoms with Crippen molar-refractivity contribution >= 4 is 24.0 Å². The maximum Gasteiger partial charge on any atom is 0.251 e. The minimum atomic E-state index is -0.0899. The van der Waals surface area contributed by atoms with Crippen molar-refractivity contribution in [3.05, 3.63) is 65.7 Å². The maximum atomic E-state index is 12.2. The number of benzene rings is 2. The van der Waals surface area contributed by atoms with Gasteiger partial charge in [-0.1, -0.05) is 36.4 Å². The minimum absolute atomic E-state index is 0. The van der Waals surface area contributed by atoms with E-state index in [2.05, 4.69) is 29.4 Å². The monoisotopic (exact) mass is 333 g/mol. The highest BCUT2D eigenvalue weighted by Crippen LogP contribution is 2.07. The number of amides is 1. The molecule has 0 radical (unpaired) electrons. The van der Waals surface area contributed by atoms with Crippen LogP contribution in [-0.2, 0) is 6.54 Å². The molecule has 2 rings (SSSR count). The van der Waals surface area contributed by atoms with Gasteiger partial charge >= 0.3 is 0 Å². The van der Waals surface area contributed by atoms with Crippen LogP contribution in [-0.4, -0.2) is 30.4 Å². The van der Waals surface area contributed by atoms with Crippen LogP contribution in [0.3, 0.4) is 0 Å². The number of carbonyl (C=O) groups is 1. The molecule has 4 nitrogen and oxygen atoms in total. The highest BCUT2D eigenvalue weighted by Gasteiger charge is 2.12. The molecule has 23 heavy (non-hydrogen) atoms. The number of nitrogen functional groups attached to an aromatic ring is 1. The first-order valence-corrected chi connectivity index (χ1v) is 7.43. The lowest BCUT2D eigenvalue weighted by Crippen LogP contribution is -2.40. The van der Waals surface area contributed by atoms with E-state index in [0.717, 1.165) is 13.1 Å². The zero-order valence-electron chi connectivity index (χ0n) is 13.5. The molecule has 5 heteroatoms. The van der Waals surface area contributed by atoms with E-state index >= 15 is 0 Å². The Labute approximate surface area is 144 Å². The number of nitrogens with two attached hydrogens (primary N) is 1. The SMILES string of the molecule is CC(CN(C)Cc1ccccc1)NC(=O)c1cccc(N)c1.Cl. The van der Waals surface area contributed by atoms with Crippen molar-refractivity contribution in [2.24, 2.45) is 0 Å². The molecule has 0 heterocycles. The molecule has 1 atom stereocenters. The molecule has 0 aliphatic carbocycles. The molecular formula is C18H24ClN3O. The van der Waals surface area contributed by atoms with Crippen LogP contribution in [0.1, 0.15) is 22.8 Å². The zero-order valence-corrected chi connectivity index (χ0v) is 14.3. The Morgan fingerprint density at radius 2 is 1.87 bits per heavy atom. The van der Waals surface area contributed by atoms with Gasteiger partial charge in [0.15, 0.2) is 0 Å². The molecule has 3 N–H and O–H groups in total. The third-order valence-electron chi connectivity index (χ3n) is 3.41. The summed E-state index contributed by atoms with van der Waals surface area (Å²) in [5.41, 5.74) is 8.16. The lowest BCUT2D eigenvalue weighted by molar-refractivity contribution is 0.0931. The van der Waals surface area contributed by atoms with E-state index in [-0.39, 0.29) is 24.4 Å². The Balaban J connectivity index is 0.00000264. The number of nitrogens with zero attached hydrogens (tertiary/aromatic N) is 1. The largest absolute Gasteiger partial charge is 0.399 e. The van der Waals surface area contributed by atoms with Gasteiger partial charge in [-0.25, -0.2) is 0 Å². The van der Waals surface area contributed by atoms with Gasteiger partial charge in [-0.15, -0.1) is 12.4 Å². The second kappa shape index (κ2) is 9.18. The average Bonchev–Trinajstić information content (AvgIpc) is 2.47. The summed E-state index contributed by atoms with van der Waals surface area (Å²) in [5, 5.41) is 3.00. The standard InChI is InChI=1S/C18H23N3O.ClH/c1-14(12-21(2)13-15-7-4-3-5-8-15)20-18(22)16-9-6-10-17(19)11-16;/h3-11,14H,12-13,19H2,1-2H3,(H,20,22);1H. The quantitative estimate of drug-likeness (QED) is 0.799. The van der Waals surface area contributed by atoms with E-state index in [4.69, 9.17) is 5.73 Å². The van der Waals surface area contributed by atoms with Crippen LogP contribution in [0.2, 0.25) is 0 Å². The third-order valence-corrected chi connectivity index (χ3v) is 3.41. The molecule has 0 saturated carbocycles. The summed E-state index contributed by atoms with van der Waals surface area (Å²) in [5.74, 6) is -0.0899. The highest BCUT2D eigenvalue weighted by molar-refractivity contribution is 5.95. The summed E-state index contributed by atoms with van der Waals surface area (Å²) in [6.07, 6.45) is 0. The van der Waals surface area contributed by atoms with Crippen LogP contribution in [0.25, 0.3) is 0 Å². The van der Waals surface area contributed by atoms with Gasteiger partial charge in [0, 0.05) is 30.4 Å². The molecule has 2 aromatic carbocycles. The Bertz CT molecular complexity index is 619. The Kier molecular flexibility index (Phi) is 7.59. The Morgan fingerprint density at radius 3 is 2.52 bits per heavy atom. The number of carbonyl (C=O) groups excluding carboxylic acids is 1. The van der Waals surface area contributed by atoms with Gasteiger partial charge in [0.25, 0.3) is 5.91 Å². The number of anilines is 1. The van der Waals surface area contributed by atoms with Crippen molar-refractivity contribution in [1.82, 2.24) is 10.2 Å². The van der Waals surface area contributed by atoms with Crippen LogP contribution >= 0.6 is 12.4 Å². The minimum Gasteiger partial charge on any atom is -0.399 e. The number of hydrogen-bond acceptors (Lipinski definition) is 3. The fourth-order valence-electron chi connectivity index (χ4n) is 2.46. The first-order chi connectivity index (χ1) is 10.5. The molecule has 2 aromatic rings. The molecule has 124 valence electrons. The fraction of sp³-hybridized carbons (Fsp3) is 0.278. The van der Waals surface area contributed by atoms with Crippen molar-refractivity contribution in [2.45, 2.75) is 19.5 Å². The smallest absolute Gasteiger partial charge is 0.251 e. The van der Waals surface area contributed by atoms with E-state index in [9.17, 15) is 4.79 Å². The third kappa shape index (κ3) is 6.30. The molecule has 1 amide bonds. The van der Waals surface area contributed by atoms with E-state index in [1.807, 2.05) is 25.1 Å². The van der Waals surface area contributed by atoms with E-state index in [0.29, 0.717) is 11.3 Å². The predicted molar refractivity (Wildman–Crippen MR) is 97.8 cm³/mol. The summed E-state index contributed by atoms with van der Waals surface area (Å²) >= 11 is 0. The van der Waals surface area contributed by atoms with Crippen LogP contribution < -0.4 is 11.1 Å². The summed E-state index contributed by atoms with van der Waals surface area (Å²) in [4.78, 5) is 14.4. The zero-order chi connectivity index (χ0) is 15.9. The van der Waals surface area contributed by atoms with Gasteiger partial charge in [0.05, 0.1) is 0 Å². The molecule has 0 bridgehead atoms. The topological polar surface area (TPSA) is 58.4 Å². The summed E-state index contributed by atoms with van der Waals surface area (Å²) in [6, 6.07) is 17.4. The van der Waals surface area contributed by atoms with Crippen LogP contribution in [0.5, 0.6) is 0 Å². The van der Waals surface area contributed by atoms with Gasteiger partial charge in [-0.3, -0.25) is 4.79 Å². The molecule has 0 aromatic heterocycles. The van der Waals surface area contributed by atoms with Gasteiger partial charge in [-0.2, -0.15) is 0 Å². The van der Waals surface area contributed by atoms with Gasteiger partial charge in [0.2, 0.25) is 0 Å². The van der Waals surface area contributed by atoms with Crippen LogP contribution in [0, 0.1) is 0 Å². The summed E-state index contributed by atoms with van der Waals surface area (Å²) < 4.78 is 0. The van der Waals surface area contributed by atoms with Crippen LogP contribution in [0.4, 0.5) is 5.69 Å². The highest BCUT2D eigenvalue weighted by atomic mass is 35.5. The van der Waals surface area contributed by atoms with Crippen molar-refractivity contribution in [3.8, 4) is 0 Å². The molecule has 1 unspecified atom stereocenters. The molecule has 0 aliphatic rings. The summed E-state index contributed by atoms with van der Waals surface area (Å²) in [6.45, 7) is 3.65. The second-order valence-corrected chi connectivity index (χ2v) is 5.68. The second-order valence-electron chi connectivity index (χ2n) is 5.68. The van der Waals surface area contributed by atoms with Crippen molar-refractivity contribution in [3.63, 3.8) is 0 Å². The number of nitrogens with one attached hydrogen (secondary N) is 1. The number of halogens is 1. The van der Waals surface area contributed by atoms with Crippen molar-refractivity contribution in [1.29, 1.82) is 0 Å². The Hall–Kier alpha value is -2.04. The predicted octanol–water partition coefficient (Wildman–Crippen LogP) is 2.94. The fourth-order valence-corrected chi connectivity index (χ4v) is 2.46. The lowest BCUT2D eigenvalue weighted by Gasteiger charge is -2.22. The number of hydrogen-bond donors (Lipinski definition) is 2. The van der Waals surface area contributed by atoms with Crippen molar-refractivity contribution in [2.75, 3.05) is 19.3 Å². The average molecular weight is 334 g/mol. The van der Waals surface area contributed by atoms with Crippen LogP contribution in [0.15, 0.2) is 54.6 Å². The molecule has 0 fully saturated rings. The number of rotatable bonds is 6. The van der Waals surface area contributed by atoms with Crippen molar-refractivity contribution < 1.29 is 4.79 Å². The molecule has 0 aliphatic heterocycles. The van der Waals surface area contributed by atoms with Gasteiger partial charge in [-0.05, 0) is 37.7 Å². The molecule has 0 spiro atoms. The number of likely N-dealkylation sites (N-methyl/N-ethyl adjacent to an activating group) is 1. The maximum absolute atomic E-state index is 12.2.